The van der Waals surface area contributed by atoms with Gasteiger partial charge in [0.05, 0.1) is 18.0 Å². The molecule has 34 heavy (non-hydrogen) atoms. The fraction of sp³-hybridized carbons (Fsp3) is 0.357. The van der Waals surface area contributed by atoms with Gasteiger partial charge in [-0.3, -0.25) is 10.1 Å². The maximum Gasteiger partial charge on any atom is 0.269 e. The number of nitro groups is 1. The van der Waals surface area contributed by atoms with Crippen LogP contribution in [0.5, 0.6) is 5.75 Å². The van der Waals surface area contributed by atoms with E-state index in [1.54, 1.807) is 12.1 Å². The lowest BCUT2D eigenvalue weighted by atomic mass is 10.1. The van der Waals surface area contributed by atoms with Crippen LogP contribution in [0.15, 0.2) is 78.9 Å². The predicted octanol–water partition coefficient (Wildman–Crippen LogP) is 5.59. The van der Waals surface area contributed by atoms with Gasteiger partial charge in [-0.2, -0.15) is 0 Å². The Balaban J connectivity index is 1.38. The first-order valence-corrected chi connectivity index (χ1v) is 12.1. The van der Waals surface area contributed by atoms with Gasteiger partial charge < -0.3 is 14.3 Å². The van der Waals surface area contributed by atoms with Gasteiger partial charge in [0, 0.05) is 17.7 Å². The summed E-state index contributed by atoms with van der Waals surface area (Å²) in [5, 5.41) is 21.9. The van der Waals surface area contributed by atoms with Gasteiger partial charge in [-0.15, -0.1) is 0 Å². The summed E-state index contributed by atoms with van der Waals surface area (Å²) >= 11 is 0. The van der Waals surface area contributed by atoms with Crippen LogP contribution < -0.4 is 4.74 Å². The van der Waals surface area contributed by atoms with Crippen molar-refractivity contribution in [3.63, 3.8) is 0 Å². The molecule has 0 radical (unpaired) electrons. The van der Waals surface area contributed by atoms with E-state index < -0.39 is 6.10 Å². The summed E-state index contributed by atoms with van der Waals surface area (Å²) in [6, 6.07) is 25.0. The Hall–Kier alpha value is -3.22. The number of nitrogens with zero attached hydrogens (tertiary/aromatic N) is 2. The van der Waals surface area contributed by atoms with Gasteiger partial charge in [0.15, 0.2) is 0 Å². The molecule has 4 rings (SSSR count). The number of rotatable bonds is 9. The van der Waals surface area contributed by atoms with Crippen LogP contribution in [0.25, 0.3) is 11.1 Å². The largest absolute Gasteiger partial charge is 0.491 e. The lowest BCUT2D eigenvalue weighted by molar-refractivity contribution is -0.942. The second kappa shape index (κ2) is 11.3. The minimum absolute atomic E-state index is 0.109. The highest BCUT2D eigenvalue weighted by atomic mass is 16.6. The van der Waals surface area contributed by atoms with E-state index in [1.807, 2.05) is 54.6 Å². The fourth-order valence-electron chi connectivity index (χ4n) is 4.94. The van der Waals surface area contributed by atoms with Crippen LogP contribution in [0, 0.1) is 10.1 Å². The van der Waals surface area contributed by atoms with Crippen LogP contribution in [0.4, 0.5) is 5.69 Å². The number of aliphatic hydroxyl groups excluding tert-OH is 1. The number of ether oxygens (including phenoxy) is 1. The normalized spacial score (nSPS) is 16.4. The maximum absolute atomic E-state index is 11.0. The molecule has 1 N–H and O–H groups in total. The minimum atomic E-state index is -0.593. The average molecular weight is 462 g/mol. The van der Waals surface area contributed by atoms with Crippen molar-refractivity contribution in [1.29, 1.82) is 0 Å². The number of benzene rings is 3. The molecule has 1 fully saturated rings. The zero-order valence-corrected chi connectivity index (χ0v) is 19.5. The molecule has 0 amide bonds. The van der Waals surface area contributed by atoms with Crippen molar-refractivity contribution in [3.8, 4) is 16.9 Å². The standard InChI is InChI=1S/C28H33N2O4/c31-27(22-34-28-16-12-25(13-17-28)24-8-4-3-5-9-24)21-30(18-6-1-2-7-19-30)20-23-10-14-26(15-11-23)29(32)33/h3-5,8-17,27,31H,1-2,6-7,18-22H2/q+1/t27-/m0/s1. The zero-order chi connectivity index (χ0) is 23.8. The number of quaternary nitrogens is 1. The lowest BCUT2D eigenvalue weighted by Gasteiger charge is -2.39. The van der Waals surface area contributed by atoms with Crippen LogP contribution in [0.3, 0.4) is 0 Å². The van der Waals surface area contributed by atoms with Crippen LogP contribution in [-0.4, -0.2) is 46.9 Å². The van der Waals surface area contributed by atoms with Crippen LogP contribution >= 0.6 is 0 Å². The monoisotopic (exact) mass is 461 g/mol. The van der Waals surface area contributed by atoms with Crippen molar-refractivity contribution in [2.24, 2.45) is 0 Å². The summed E-state index contributed by atoms with van der Waals surface area (Å²) < 4.78 is 6.72. The smallest absolute Gasteiger partial charge is 0.269 e. The molecule has 0 unspecified atom stereocenters. The van der Waals surface area contributed by atoms with Crippen LogP contribution in [0.1, 0.15) is 31.2 Å². The van der Waals surface area contributed by atoms with Crippen LogP contribution in [-0.2, 0) is 6.54 Å². The average Bonchev–Trinajstić information content (AvgIpc) is 3.09. The van der Waals surface area contributed by atoms with E-state index in [0.29, 0.717) is 6.54 Å². The molecule has 6 nitrogen and oxygen atoms in total. The molecular weight excluding hydrogens is 428 g/mol. The highest BCUT2D eigenvalue weighted by Crippen LogP contribution is 2.25. The SMILES string of the molecule is O=[N+]([O-])c1ccc(C[N+]2(C[C@H](O)COc3ccc(-c4ccccc4)cc3)CCCCCC2)cc1. The number of nitro benzene ring substituents is 1. The van der Waals surface area contributed by atoms with Crippen molar-refractivity contribution in [2.45, 2.75) is 38.3 Å². The summed E-state index contributed by atoms with van der Waals surface area (Å²) in [7, 11) is 0. The number of likely N-dealkylation sites (tertiary alicyclic amines) is 1. The molecule has 0 aliphatic carbocycles. The van der Waals surface area contributed by atoms with Crippen molar-refractivity contribution in [2.75, 3.05) is 26.2 Å². The fourth-order valence-corrected chi connectivity index (χ4v) is 4.94. The van der Waals surface area contributed by atoms with Crippen molar-refractivity contribution in [1.82, 2.24) is 0 Å². The number of aliphatic hydroxyl groups is 1. The van der Waals surface area contributed by atoms with Crippen molar-refractivity contribution >= 4 is 5.69 Å². The molecule has 1 heterocycles. The summed E-state index contributed by atoms with van der Waals surface area (Å²) in [5.41, 5.74) is 3.47. The Morgan fingerprint density at radius 2 is 1.47 bits per heavy atom. The Morgan fingerprint density at radius 1 is 0.853 bits per heavy atom. The summed E-state index contributed by atoms with van der Waals surface area (Å²) in [6.45, 7) is 3.62. The van der Waals surface area contributed by atoms with E-state index in [4.69, 9.17) is 4.74 Å². The first-order valence-electron chi connectivity index (χ1n) is 12.1. The second-order valence-electron chi connectivity index (χ2n) is 9.32. The summed E-state index contributed by atoms with van der Waals surface area (Å²) in [6.07, 6.45) is 4.08. The van der Waals surface area contributed by atoms with Crippen molar-refractivity contribution < 1.29 is 19.2 Å². The number of hydrogen-bond acceptors (Lipinski definition) is 4. The van der Waals surface area contributed by atoms with Gasteiger partial charge in [0.1, 0.15) is 31.5 Å². The molecule has 0 aromatic heterocycles. The molecule has 3 aromatic rings. The molecule has 0 bridgehead atoms. The van der Waals surface area contributed by atoms with E-state index in [2.05, 4.69) is 12.1 Å². The second-order valence-corrected chi connectivity index (χ2v) is 9.32. The third kappa shape index (κ3) is 6.43. The molecule has 6 heteroatoms. The Bertz CT molecular complexity index is 1040. The highest BCUT2D eigenvalue weighted by Gasteiger charge is 2.32. The Labute approximate surface area is 201 Å². The lowest BCUT2D eigenvalue weighted by Crippen LogP contribution is -2.53. The molecule has 1 saturated heterocycles. The maximum atomic E-state index is 11.0. The van der Waals surface area contributed by atoms with Gasteiger partial charge in [0.25, 0.3) is 5.69 Å². The minimum Gasteiger partial charge on any atom is -0.491 e. The molecule has 1 aliphatic heterocycles. The molecule has 178 valence electrons. The van der Waals surface area contributed by atoms with Gasteiger partial charge in [-0.1, -0.05) is 42.5 Å². The van der Waals surface area contributed by atoms with E-state index in [-0.39, 0.29) is 17.2 Å². The summed E-state index contributed by atoms with van der Waals surface area (Å²) in [4.78, 5) is 10.6. The van der Waals surface area contributed by atoms with E-state index >= 15 is 0 Å². The van der Waals surface area contributed by atoms with Gasteiger partial charge >= 0.3 is 0 Å². The molecule has 0 spiro atoms. The third-order valence-corrected chi connectivity index (χ3v) is 6.68. The first-order chi connectivity index (χ1) is 16.5. The molecule has 0 saturated carbocycles. The quantitative estimate of drug-likeness (QED) is 0.256. The van der Waals surface area contributed by atoms with Gasteiger partial charge in [-0.05, 0) is 61.1 Å². The molecule has 1 atom stereocenters. The third-order valence-electron chi connectivity index (χ3n) is 6.68. The Kier molecular flexibility index (Phi) is 7.93. The predicted molar refractivity (Wildman–Crippen MR) is 134 cm³/mol. The molecular formula is C28H33N2O4+. The van der Waals surface area contributed by atoms with Gasteiger partial charge in [-0.25, -0.2) is 0 Å². The molecule has 3 aromatic carbocycles. The first kappa shape index (κ1) is 23.9. The number of non-ortho nitro benzene ring substituents is 1. The van der Waals surface area contributed by atoms with E-state index in [0.717, 1.165) is 59.4 Å². The van der Waals surface area contributed by atoms with E-state index in [1.165, 1.54) is 12.8 Å². The molecule has 1 aliphatic rings. The summed E-state index contributed by atoms with van der Waals surface area (Å²) in [5.74, 6) is 0.747. The Morgan fingerprint density at radius 3 is 2.09 bits per heavy atom. The van der Waals surface area contributed by atoms with Crippen molar-refractivity contribution in [3.05, 3.63) is 94.5 Å². The van der Waals surface area contributed by atoms with Gasteiger partial charge in [0.2, 0.25) is 0 Å². The van der Waals surface area contributed by atoms with Crippen LogP contribution in [0.2, 0.25) is 0 Å². The number of hydrogen-bond donors (Lipinski definition) is 1. The van der Waals surface area contributed by atoms with E-state index in [9.17, 15) is 15.2 Å². The highest BCUT2D eigenvalue weighted by molar-refractivity contribution is 5.63. The topological polar surface area (TPSA) is 72.6 Å². The zero-order valence-electron chi connectivity index (χ0n) is 19.5.